The number of aromatic nitrogens is 2. The summed E-state index contributed by atoms with van der Waals surface area (Å²) in [6.07, 6.45) is 3.97. The van der Waals surface area contributed by atoms with Crippen molar-refractivity contribution < 1.29 is 4.79 Å². The van der Waals surface area contributed by atoms with Crippen molar-refractivity contribution >= 4 is 17.5 Å². The predicted molar refractivity (Wildman–Crippen MR) is 96.5 cm³/mol. The van der Waals surface area contributed by atoms with E-state index in [4.69, 9.17) is 0 Å². The molecule has 1 fully saturated rings. The second-order valence-corrected chi connectivity index (χ2v) is 6.66. The van der Waals surface area contributed by atoms with E-state index in [1.54, 1.807) is 6.20 Å². The molecule has 0 saturated carbocycles. The molecule has 0 atom stereocenters. The smallest absolute Gasteiger partial charge is 0.259 e. The zero-order chi connectivity index (χ0) is 17.1. The van der Waals surface area contributed by atoms with Crippen molar-refractivity contribution in [3.05, 3.63) is 47.3 Å². The number of aryl methyl sites for hydroxylation is 2. The lowest BCUT2D eigenvalue weighted by Gasteiger charge is -2.30. The first kappa shape index (κ1) is 16.4. The number of hydrogen-bond acceptors (Lipinski definition) is 4. The number of hydrogen-bond donors (Lipinski definition) is 1. The van der Waals surface area contributed by atoms with Gasteiger partial charge in [0.1, 0.15) is 0 Å². The summed E-state index contributed by atoms with van der Waals surface area (Å²) in [6.45, 7) is 8.12. The van der Waals surface area contributed by atoms with Gasteiger partial charge in [-0.05, 0) is 44.7 Å². The number of piperidine rings is 1. The quantitative estimate of drug-likeness (QED) is 0.937. The topological polar surface area (TPSA) is 58.1 Å². The van der Waals surface area contributed by atoms with Crippen molar-refractivity contribution in [1.29, 1.82) is 0 Å². The van der Waals surface area contributed by atoms with Gasteiger partial charge in [-0.2, -0.15) is 0 Å². The van der Waals surface area contributed by atoms with Crippen LogP contribution in [0.4, 0.5) is 11.6 Å². The molecule has 1 aliphatic heterocycles. The minimum atomic E-state index is -0.171. The van der Waals surface area contributed by atoms with Gasteiger partial charge in [-0.1, -0.05) is 24.6 Å². The molecule has 1 N–H and O–H groups in total. The average molecular weight is 324 g/mol. The Morgan fingerprint density at radius 1 is 1.17 bits per heavy atom. The molecule has 1 saturated heterocycles. The summed E-state index contributed by atoms with van der Waals surface area (Å²) in [5.74, 6) is 1.32. The summed E-state index contributed by atoms with van der Waals surface area (Å²) in [5.41, 5.74) is 3.17. The highest BCUT2D eigenvalue weighted by Crippen LogP contribution is 2.21. The van der Waals surface area contributed by atoms with E-state index in [0.717, 1.165) is 49.0 Å². The third kappa shape index (κ3) is 3.72. The molecule has 1 aromatic heterocycles. The van der Waals surface area contributed by atoms with Crippen LogP contribution < -0.4 is 10.2 Å². The maximum Gasteiger partial charge on any atom is 0.259 e. The van der Waals surface area contributed by atoms with Gasteiger partial charge in [0.15, 0.2) is 0 Å². The third-order valence-electron chi connectivity index (χ3n) is 4.59. The zero-order valence-electron chi connectivity index (χ0n) is 14.5. The largest absolute Gasteiger partial charge is 0.341 e. The Morgan fingerprint density at radius 2 is 1.83 bits per heavy atom. The van der Waals surface area contributed by atoms with Gasteiger partial charge in [0, 0.05) is 25.0 Å². The number of carbonyl (C=O) groups excluding carboxylic acids is 1. The molecule has 0 spiro atoms. The third-order valence-corrected chi connectivity index (χ3v) is 4.59. The number of amides is 1. The van der Waals surface area contributed by atoms with Crippen LogP contribution >= 0.6 is 0 Å². The van der Waals surface area contributed by atoms with Crippen LogP contribution in [0.1, 0.15) is 41.4 Å². The Balaban J connectivity index is 1.72. The number of carbonyl (C=O) groups is 1. The molecule has 0 bridgehead atoms. The monoisotopic (exact) mass is 324 g/mol. The average Bonchev–Trinajstić information content (AvgIpc) is 2.57. The fourth-order valence-electron chi connectivity index (χ4n) is 2.87. The molecule has 24 heavy (non-hydrogen) atoms. The maximum atomic E-state index is 12.4. The van der Waals surface area contributed by atoms with Crippen molar-refractivity contribution in [2.24, 2.45) is 5.92 Å². The lowest BCUT2D eigenvalue weighted by atomic mass is 10.00. The Labute approximate surface area is 143 Å². The normalized spacial score (nSPS) is 15.4. The van der Waals surface area contributed by atoms with Crippen molar-refractivity contribution in [2.45, 2.75) is 33.6 Å². The highest BCUT2D eigenvalue weighted by Gasteiger charge is 2.19. The van der Waals surface area contributed by atoms with Crippen LogP contribution in [0.3, 0.4) is 0 Å². The number of anilines is 2. The molecule has 0 radical (unpaired) electrons. The number of nitrogens with one attached hydrogen (secondary N) is 1. The Kier molecular flexibility index (Phi) is 4.79. The molecule has 1 amide bonds. The highest BCUT2D eigenvalue weighted by molar-refractivity contribution is 6.04. The maximum absolute atomic E-state index is 12.4. The first-order valence-corrected chi connectivity index (χ1v) is 8.49. The van der Waals surface area contributed by atoms with E-state index in [1.807, 2.05) is 38.1 Å². The molecule has 0 aliphatic carbocycles. The van der Waals surface area contributed by atoms with Crippen LogP contribution in [0.15, 0.2) is 30.5 Å². The Morgan fingerprint density at radius 3 is 2.46 bits per heavy atom. The summed E-state index contributed by atoms with van der Waals surface area (Å²) < 4.78 is 0. The highest BCUT2D eigenvalue weighted by atomic mass is 16.1. The van der Waals surface area contributed by atoms with E-state index in [-0.39, 0.29) is 5.91 Å². The van der Waals surface area contributed by atoms with Crippen molar-refractivity contribution in [2.75, 3.05) is 23.3 Å². The lowest BCUT2D eigenvalue weighted by molar-refractivity contribution is 0.102. The van der Waals surface area contributed by atoms with Crippen LogP contribution in [-0.4, -0.2) is 29.0 Å². The molecule has 5 heteroatoms. The molecule has 0 unspecified atom stereocenters. The standard InChI is InChI=1S/C19H24N4O/c1-13-4-6-16(7-5-13)22-18(24)17-12-20-19(21-15(17)3)23-10-8-14(2)9-11-23/h4-7,12,14H,8-11H2,1-3H3,(H,22,24). The Bertz CT molecular complexity index is 719. The number of benzene rings is 1. The summed E-state index contributed by atoms with van der Waals surface area (Å²) in [4.78, 5) is 23.6. The van der Waals surface area contributed by atoms with E-state index in [1.165, 1.54) is 0 Å². The second kappa shape index (κ2) is 6.99. The fourth-order valence-corrected chi connectivity index (χ4v) is 2.87. The van der Waals surface area contributed by atoms with Gasteiger partial charge in [0.2, 0.25) is 5.95 Å². The first-order chi connectivity index (χ1) is 11.5. The van der Waals surface area contributed by atoms with Gasteiger partial charge in [-0.3, -0.25) is 4.79 Å². The molecule has 1 aromatic carbocycles. The predicted octanol–water partition coefficient (Wildman–Crippen LogP) is 3.58. The van der Waals surface area contributed by atoms with E-state index < -0.39 is 0 Å². The SMILES string of the molecule is Cc1ccc(NC(=O)c2cnc(N3CCC(C)CC3)nc2C)cc1. The molecule has 126 valence electrons. The van der Waals surface area contributed by atoms with Gasteiger partial charge in [-0.15, -0.1) is 0 Å². The zero-order valence-corrected chi connectivity index (χ0v) is 14.5. The van der Waals surface area contributed by atoms with Gasteiger partial charge in [0.25, 0.3) is 5.91 Å². The van der Waals surface area contributed by atoms with Gasteiger partial charge in [-0.25, -0.2) is 9.97 Å². The van der Waals surface area contributed by atoms with E-state index in [9.17, 15) is 4.79 Å². The van der Waals surface area contributed by atoms with E-state index in [2.05, 4.69) is 27.1 Å². The molecular weight excluding hydrogens is 300 g/mol. The van der Waals surface area contributed by atoms with Gasteiger partial charge in [0.05, 0.1) is 11.3 Å². The molecule has 2 aromatic rings. The summed E-state index contributed by atoms with van der Waals surface area (Å²) in [7, 11) is 0. The van der Waals surface area contributed by atoms with Crippen LogP contribution in [-0.2, 0) is 0 Å². The van der Waals surface area contributed by atoms with Crippen molar-refractivity contribution in [3.8, 4) is 0 Å². The van der Waals surface area contributed by atoms with Crippen LogP contribution in [0.2, 0.25) is 0 Å². The summed E-state index contributed by atoms with van der Waals surface area (Å²) in [6, 6.07) is 7.73. The Hall–Kier alpha value is -2.43. The van der Waals surface area contributed by atoms with Crippen LogP contribution in [0.25, 0.3) is 0 Å². The molecule has 2 heterocycles. The second-order valence-electron chi connectivity index (χ2n) is 6.66. The summed E-state index contributed by atoms with van der Waals surface area (Å²) >= 11 is 0. The minimum absolute atomic E-state index is 0.171. The first-order valence-electron chi connectivity index (χ1n) is 8.49. The lowest BCUT2D eigenvalue weighted by Crippen LogP contribution is -2.34. The van der Waals surface area contributed by atoms with Crippen molar-refractivity contribution in [3.63, 3.8) is 0 Å². The van der Waals surface area contributed by atoms with Crippen molar-refractivity contribution in [1.82, 2.24) is 9.97 Å². The van der Waals surface area contributed by atoms with Gasteiger partial charge >= 0.3 is 0 Å². The van der Waals surface area contributed by atoms with Crippen LogP contribution in [0, 0.1) is 19.8 Å². The molecule has 5 nitrogen and oxygen atoms in total. The van der Waals surface area contributed by atoms with E-state index >= 15 is 0 Å². The molecule has 1 aliphatic rings. The van der Waals surface area contributed by atoms with Crippen LogP contribution in [0.5, 0.6) is 0 Å². The fraction of sp³-hybridized carbons (Fsp3) is 0.421. The number of nitrogens with zero attached hydrogens (tertiary/aromatic N) is 3. The molecule has 3 rings (SSSR count). The number of rotatable bonds is 3. The van der Waals surface area contributed by atoms with E-state index in [0.29, 0.717) is 11.3 Å². The van der Waals surface area contributed by atoms with Gasteiger partial charge < -0.3 is 10.2 Å². The minimum Gasteiger partial charge on any atom is -0.341 e. The molecular formula is C19H24N4O. The summed E-state index contributed by atoms with van der Waals surface area (Å²) in [5, 5.41) is 2.90.